The van der Waals surface area contributed by atoms with Crippen molar-refractivity contribution in [1.29, 1.82) is 0 Å². The van der Waals surface area contributed by atoms with E-state index in [4.69, 9.17) is 14.2 Å². The largest absolute Gasteiger partial charge is 0.486 e. The summed E-state index contributed by atoms with van der Waals surface area (Å²) in [5.74, 6) is 0.775. The molecule has 0 fully saturated rings. The number of hydrogen-bond acceptors (Lipinski definition) is 6. The highest BCUT2D eigenvalue weighted by atomic mass is 16.6. The van der Waals surface area contributed by atoms with Crippen molar-refractivity contribution in [3.63, 3.8) is 0 Å². The van der Waals surface area contributed by atoms with E-state index in [1.165, 1.54) is 25.1 Å². The molecule has 1 atom stereocenters. The van der Waals surface area contributed by atoms with Crippen LogP contribution in [0.4, 0.5) is 11.4 Å². The first kappa shape index (κ1) is 16.6. The molecule has 0 aromatic heterocycles. The number of benzene rings is 2. The van der Waals surface area contributed by atoms with Gasteiger partial charge >= 0.3 is 5.69 Å². The molecule has 1 aliphatic rings. The summed E-state index contributed by atoms with van der Waals surface area (Å²) in [7, 11) is 0. The van der Waals surface area contributed by atoms with Gasteiger partial charge in [0, 0.05) is 17.8 Å². The van der Waals surface area contributed by atoms with E-state index in [1.807, 2.05) is 0 Å². The molecule has 1 unspecified atom stereocenters. The van der Waals surface area contributed by atoms with E-state index in [0.717, 1.165) is 0 Å². The van der Waals surface area contributed by atoms with Crippen molar-refractivity contribution in [2.75, 3.05) is 18.5 Å². The summed E-state index contributed by atoms with van der Waals surface area (Å²) in [5.41, 5.74) is 0.328. The Kier molecular flexibility index (Phi) is 4.69. The summed E-state index contributed by atoms with van der Waals surface area (Å²) in [4.78, 5) is 22.7. The smallest absolute Gasteiger partial charge is 0.310 e. The van der Waals surface area contributed by atoms with Crippen molar-refractivity contribution in [3.8, 4) is 17.2 Å². The summed E-state index contributed by atoms with van der Waals surface area (Å²) in [6.07, 6.45) is -0.922. The maximum atomic E-state index is 12.3. The lowest BCUT2D eigenvalue weighted by atomic mass is 10.2. The number of ether oxygens (including phenoxy) is 3. The Morgan fingerprint density at radius 1 is 1.20 bits per heavy atom. The van der Waals surface area contributed by atoms with E-state index in [1.54, 1.807) is 24.3 Å². The number of nitrogens with zero attached hydrogens (tertiary/aromatic N) is 1. The van der Waals surface area contributed by atoms with Crippen LogP contribution in [-0.2, 0) is 4.79 Å². The number of carbonyl (C=O) groups excluding carboxylic acids is 1. The Morgan fingerprint density at radius 3 is 2.68 bits per heavy atom. The SMILES string of the molecule is CC(Oc1ccccc1[N+](=O)[O-])C(=O)Nc1ccc2c(c1)OCCO2. The van der Waals surface area contributed by atoms with Crippen LogP contribution >= 0.6 is 0 Å². The third-order valence-electron chi connectivity index (χ3n) is 3.54. The molecular weight excluding hydrogens is 328 g/mol. The molecule has 1 aliphatic heterocycles. The van der Waals surface area contributed by atoms with Gasteiger partial charge in [0.15, 0.2) is 23.4 Å². The second-order valence-electron chi connectivity index (χ2n) is 5.33. The van der Waals surface area contributed by atoms with Crippen LogP contribution in [0.15, 0.2) is 42.5 Å². The number of carbonyl (C=O) groups is 1. The van der Waals surface area contributed by atoms with Crippen LogP contribution in [0.1, 0.15) is 6.92 Å². The number of nitro benzene ring substituents is 1. The van der Waals surface area contributed by atoms with Gasteiger partial charge in [-0.15, -0.1) is 0 Å². The van der Waals surface area contributed by atoms with Gasteiger partial charge in [0.2, 0.25) is 0 Å². The molecule has 0 bridgehead atoms. The Balaban J connectivity index is 1.68. The minimum atomic E-state index is -0.922. The molecule has 0 spiro atoms. The zero-order valence-electron chi connectivity index (χ0n) is 13.4. The lowest BCUT2D eigenvalue weighted by Gasteiger charge is -2.19. The van der Waals surface area contributed by atoms with Gasteiger partial charge in [-0.3, -0.25) is 14.9 Å². The van der Waals surface area contributed by atoms with E-state index in [2.05, 4.69) is 5.32 Å². The predicted octanol–water partition coefficient (Wildman–Crippen LogP) is 2.77. The fourth-order valence-corrected chi connectivity index (χ4v) is 2.32. The summed E-state index contributed by atoms with van der Waals surface area (Å²) in [5, 5.41) is 13.7. The van der Waals surface area contributed by atoms with Crippen molar-refractivity contribution in [3.05, 3.63) is 52.6 Å². The molecule has 0 saturated carbocycles. The van der Waals surface area contributed by atoms with Crippen molar-refractivity contribution in [2.45, 2.75) is 13.0 Å². The standard InChI is InChI=1S/C17H16N2O6/c1-11(25-14-5-3-2-4-13(14)19(21)22)17(20)18-12-6-7-15-16(10-12)24-9-8-23-15/h2-7,10-11H,8-9H2,1H3,(H,18,20). The molecule has 1 N–H and O–H groups in total. The molecule has 25 heavy (non-hydrogen) atoms. The number of rotatable bonds is 5. The second-order valence-corrected chi connectivity index (χ2v) is 5.33. The molecule has 130 valence electrons. The van der Waals surface area contributed by atoms with E-state index < -0.39 is 16.9 Å². The van der Waals surface area contributed by atoms with Gasteiger partial charge in [0.05, 0.1) is 4.92 Å². The molecule has 0 saturated heterocycles. The summed E-state index contributed by atoms with van der Waals surface area (Å²) >= 11 is 0. The van der Waals surface area contributed by atoms with Gasteiger partial charge in [0.25, 0.3) is 5.91 Å². The molecule has 8 nitrogen and oxygen atoms in total. The number of hydrogen-bond donors (Lipinski definition) is 1. The van der Waals surface area contributed by atoms with Crippen molar-refractivity contribution >= 4 is 17.3 Å². The lowest BCUT2D eigenvalue weighted by molar-refractivity contribution is -0.386. The maximum Gasteiger partial charge on any atom is 0.310 e. The molecular formula is C17H16N2O6. The molecule has 1 amide bonds. The minimum Gasteiger partial charge on any atom is -0.486 e. The normalized spacial score (nSPS) is 13.6. The molecule has 2 aromatic carbocycles. The zero-order chi connectivity index (χ0) is 17.8. The molecule has 0 radical (unpaired) electrons. The summed E-state index contributed by atoms with van der Waals surface area (Å²) < 4.78 is 16.3. The first-order valence-corrected chi connectivity index (χ1v) is 7.65. The second kappa shape index (κ2) is 7.08. The average Bonchev–Trinajstić information content (AvgIpc) is 2.61. The lowest BCUT2D eigenvalue weighted by Crippen LogP contribution is -2.30. The van der Waals surface area contributed by atoms with Crippen molar-refractivity contribution in [2.24, 2.45) is 0 Å². The Labute approximate surface area is 143 Å². The van der Waals surface area contributed by atoms with Crippen molar-refractivity contribution < 1.29 is 23.9 Å². The van der Waals surface area contributed by atoms with Gasteiger partial charge in [-0.25, -0.2) is 0 Å². The van der Waals surface area contributed by atoms with Crippen LogP contribution < -0.4 is 19.5 Å². The number of nitrogens with one attached hydrogen (secondary N) is 1. The van der Waals surface area contributed by atoms with Crippen LogP contribution in [-0.4, -0.2) is 30.1 Å². The van der Waals surface area contributed by atoms with E-state index in [-0.39, 0.29) is 11.4 Å². The minimum absolute atomic E-state index is 0.0392. The van der Waals surface area contributed by atoms with Gasteiger partial charge in [-0.1, -0.05) is 12.1 Å². The third kappa shape index (κ3) is 3.79. The van der Waals surface area contributed by atoms with E-state index in [0.29, 0.717) is 30.4 Å². The number of amides is 1. The number of para-hydroxylation sites is 2. The quantitative estimate of drug-likeness (QED) is 0.661. The summed E-state index contributed by atoms with van der Waals surface area (Å²) in [6, 6.07) is 11.0. The van der Waals surface area contributed by atoms with Crippen LogP contribution in [0.3, 0.4) is 0 Å². The predicted molar refractivity (Wildman–Crippen MR) is 89.2 cm³/mol. The molecule has 0 aliphatic carbocycles. The highest BCUT2D eigenvalue weighted by Crippen LogP contribution is 2.33. The molecule has 3 rings (SSSR count). The zero-order valence-corrected chi connectivity index (χ0v) is 13.4. The van der Waals surface area contributed by atoms with Crippen LogP contribution in [0.2, 0.25) is 0 Å². The Morgan fingerprint density at radius 2 is 1.92 bits per heavy atom. The molecule has 1 heterocycles. The Bertz CT molecular complexity index is 807. The van der Waals surface area contributed by atoms with E-state index in [9.17, 15) is 14.9 Å². The number of anilines is 1. The van der Waals surface area contributed by atoms with Gasteiger partial charge in [-0.2, -0.15) is 0 Å². The third-order valence-corrected chi connectivity index (χ3v) is 3.54. The molecule has 8 heteroatoms. The monoisotopic (exact) mass is 344 g/mol. The highest BCUT2D eigenvalue weighted by Gasteiger charge is 2.21. The Hall–Kier alpha value is -3.29. The van der Waals surface area contributed by atoms with Crippen LogP contribution in [0.5, 0.6) is 17.2 Å². The number of fused-ring (bicyclic) bond motifs is 1. The topological polar surface area (TPSA) is 99.9 Å². The molecule has 2 aromatic rings. The average molecular weight is 344 g/mol. The van der Waals surface area contributed by atoms with E-state index >= 15 is 0 Å². The van der Waals surface area contributed by atoms with Gasteiger partial charge in [-0.05, 0) is 25.1 Å². The first-order chi connectivity index (χ1) is 12.0. The number of nitro groups is 1. The fraction of sp³-hybridized carbons (Fsp3) is 0.235. The fourth-order valence-electron chi connectivity index (χ4n) is 2.32. The van der Waals surface area contributed by atoms with Crippen LogP contribution in [0.25, 0.3) is 0 Å². The maximum absolute atomic E-state index is 12.3. The van der Waals surface area contributed by atoms with Gasteiger partial charge < -0.3 is 19.5 Å². The van der Waals surface area contributed by atoms with Gasteiger partial charge in [0.1, 0.15) is 13.2 Å². The summed E-state index contributed by atoms with van der Waals surface area (Å²) in [6.45, 7) is 2.45. The highest BCUT2D eigenvalue weighted by molar-refractivity contribution is 5.94. The first-order valence-electron chi connectivity index (χ1n) is 7.65. The van der Waals surface area contributed by atoms with Crippen LogP contribution in [0, 0.1) is 10.1 Å². The van der Waals surface area contributed by atoms with Crippen molar-refractivity contribution in [1.82, 2.24) is 0 Å².